The molecule has 1 heterocycles. The van der Waals surface area contributed by atoms with Gasteiger partial charge in [0.25, 0.3) is 0 Å². The van der Waals surface area contributed by atoms with Gasteiger partial charge in [-0.2, -0.15) is 0 Å². The lowest BCUT2D eigenvalue weighted by Gasteiger charge is -2.36. The molecule has 1 aliphatic heterocycles. The molecule has 0 amide bonds. The zero-order valence-corrected chi connectivity index (χ0v) is 6.99. The molecule has 12 heavy (non-hydrogen) atoms. The molecule has 0 aromatic rings. The van der Waals surface area contributed by atoms with Crippen molar-refractivity contribution >= 4 is 5.97 Å². The average molecular weight is 167 g/mol. The molecule has 1 fully saturated rings. The molecule has 3 heteroatoms. The molecule has 1 aliphatic rings. The fourth-order valence-electron chi connectivity index (χ4n) is 1.31. The zero-order chi connectivity index (χ0) is 8.97. The first-order valence-corrected chi connectivity index (χ1v) is 4.12. The molecule has 0 aliphatic carbocycles. The predicted octanol–water partition coefficient (Wildman–Crippen LogP) is 0.416. The van der Waals surface area contributed by atoms with Crippen molar-refractivity contribution in [2.24, 2.45) is 5.92 Å². The maximum absolute atomic E-state index is 10.4. The average Bonchev–Trinajstić information content (AvgIpc) is 1.93. The summed E-state index contributed by atoms with van der Waals surface area (Å²) in [7, 11) is 0. The Morgan fingerprint density at radius 2 is 2.33 bits per heavy atom. The highest BCUT2D eigenvalue weighted by molar-refractivity contribution is 5.71. The molecule has 0 unspecified atom stereocenters. The monoisotopic (exact) mass is 167 g/mol. The molecule has 66 valence electrons. The van der Waals surface area contributed by atoms with Gasteiger partial charge in [-0.1, -0.05) is 0 Å². The minimum absolute atomic E-state index is 0.143. The number of hydrogen-bond donors (Lipinski definition) is 1. The van der Waals surface area contributed by atoms with Gasteiger partial charge in [0.15, 0.2) is 0 Å². The molecular formula is C9H13NO2. The first-order chi connectivity index (χ1) is 5.74. The molecule has 0 aromatic heterocycles. The van der Waals surface area contributed by atoms with Gasteiger partial charge in [-0.05, 0) is 13.0 Å². The number of carboxylic acid groups (broad SMARTS) is 1. The Bertz CT molecular complexity index is 201. The van der Waals surface area contributed by atoms with Crippen LogP contribution < -0.4 is 0 Å². The van der Waals surface area contributed by atoms with Crippen LogP contribution in [-0.4, -0.2) is 35.6 Å². The van der Waals surface area contributed by atoms with Crippen LogP contribution in [0.1, 0.15) is 12.8 Å². The van der Waals surface area contributed by atoms with E-state index < -0.39 is 5.97 Å². The highest BCUT2D eigenvalue weighted by atomic mass is 16.4. The van der Waals surface area contributed by atoms with Gasteiger partial charge in [0.05, 0.1) is 5.92 Å². The lowest BCUT2D eigenvalue weighted by Crippen LogP contribution is -2.50. The van der Waals surface area contributed by atoms with E-state index in [1.807, 2.05) is 0 Å². The first-order valence-electron chi connectivity index (χ1n) is 4.12. The molecule has 0 atom stereocenters. The van der Waals surface area contributed by atoms with Crippen LogP contribution in [-0.2, 0) is 4.79 Å². The van der Waals surface area contributed by atoms with E-state index >= 15 is 0 Å². The minimum atomic E-state index is -0.678. The zero-order valence-electron chi connectivity index (χ0n) is 6.99. The van der Waals surface area contributed by atoms with Crippen molar-refractivity contribution in [1.82, 2.24) is 4.90 Å². The van der Waals surface area contributed by atoms with E-state index in [1.165, 1.54) is 0 Å². The number of likely N-dealkylation sites (tertiary alicyclic amines) is 1. The van der Waals surface area contributed by atoms with E-state index in [0.717, 1.165) is 19.4 Å². The van der Waals surface area contributed by atoms with Crippen LogP contribution in [0, 0.1) is 18.3 Å². The van der Waals surface area contributed by atoms with Crippen LogP contribution in [0.5, 0.6) is 0 Å². The Kier molecular flexibility index (Phi) is 3.12. The van der Waals surface area contributed by atoms with Gasteiger partial charge in [0.2, 0.25) is 0 Å². The fraction of sp³-hybridized carbons (Fsp3) is 0.667. The van der Waals surface area contributed by atoms with Gasteiger partial charge in [0, 0.05) is 19.5 Å². The largest absolute Gasteiger partial charge is 0.481 e. The van der Waals surface area contributed by atoms with E-state index in [1.54, 1.807) is 0 Å². The third-order valence-corrected chi connectivity index (χ3v) is 2.10. The van der Waals surface area contributed by atoms with Crippen molar-refractivity contribution in [1.29, 1.82) is 0 Å². The maximum Gasteiger partial charge on any atom is 0.309 e. The van der Waals surface area contributed by atoms with Crippen LogP contribution in [0.25, 0.3) is 0 Å². The van der Waals surface area contributed by atoms with Gasteiger partial charge in [0.1, 0.15) is 0 Å². The Morgan fingerprint density at radius 1 is 1.67 bits per heavy atom. The molecular weight excluding hydrogens is 154 g/mol. The van der Waals surface area contributed by atoms with Crippen LogP contribution in [0.15, 0.2) is 0 Å². The van der Waals surface area contributed by atoms with Crippen molar-refractivity contribution in [3.05, 3.63) is 0 Å². The summed E-state index contributed by atoms with van der Waals surface area (Å²) in [5, 5.41) is 8.56. The minimum Gasteiger partial charge on any atom is -0.481 e. The molecule has 3 nitrogen and oxygen atoms in total. The number of nitrogens with zero attached hydrogens (tertiary/aromatic N) is 1. The topological polar surface area (TPSA) is 40.5 Å². The van der Waals surface area contributed by atoms with Crippen LogP contribution >= 0.6 is 0 Å². The number of carbonyl (C=O) groups is 1. The van der Waals surface area contributed by atoms with Crippen molar-refractivity contribution in [3.63, 3.8) is 0 Å². The molecule has 1 N–H and O–H groups in total. The third-order valence-electron chi connectivity index (χ3n) is 2.10. The molecule has 1 saturated heterocycles. The van der Waals surface area contributed by atoms with Crippen molar-refractivity contribution < 1.29 is 9.90 Å². The molecule has 0 spiro atoms. The number of rotatable bonds is 4. The van der Waals surface area contributed by atoms with E-state index in [-0.39, 0.29) is 5.92 Å². The highest BCUT2D eigenvalue weighted by Crippen LogP contribution is 2.15. The Balaban J connectivity index is 2.03. The van der Waals surface area contributed by atoms with Crippen LogP contribution in [0.3, 0.4) is 0 Å². The number of hydrogen-bond acceptors (Lipinski definition) is 2. The summed E-state index contributed by atoms with van der Waals surface area (Å²) in [6, 6.07) is 0. The lowest BCUT2D eigenvalue weighted by atomic mass is 10.0. The van der Waals surface area contributed by atoms with Crippen LogP contribution in [0.2, 0.25) is 0 Å². The fourth-order valence-corrected chi connectivity index (χ4v) is 1.31. The van der Waals surface area contributed by atoms with Gasteiger partial charge in [-0.15, -0.1) is 12.3 Å². The van der Waals surface area contributed by atoms with Gasteiger partial charge >= 0.3 is 5.97 Å². The highest BCUT2D eigenvalue weighted by Gasteiger charge is 2.31. The Hall–Kier alpha value is -1.01. The van der Waals surface area contributed by atoms with Gasteiger partial charge < -0.3 is 10.0 Å². The second-order valence-corrected chi connectivity index (χ2v) is 3.10. The molecule has 1 rings (SSSR count). The lowest BCUT2D eigenvalue weighted by molar-refractivity contribution is -0.147. The summed E-state index contributed by atoms with van der Waals surface area (Å²) in [5.74, 6) is 1.74. The quantitative estimate of drug-likeness (QED) is 0.487. The Morgan fingerprint density at radius 3 is 2.83 bits per heavy atom. The van der Waals surface area contributed by atoms with Crippen LogP contribution in [0.4, 0.5) is 0 Å². The van der Waals surface area contributed by atoms with E-state index in [9.17, 15) is 4.79 Å². The molecule has 0 bridgehead atoms. The third kappa shape index (κ3) is 2.24. The van der Waals surface area contributed by atoms with Gasteiger partial charge in [-0.25, -0.2) is 0 Å². The first kappa shape index (κ1) is 9.08. The van der Waals surface area contributed by atoms with Gasteiger partial charge in [-0.3, -0.25) is 4.79 Å². The second-order valence-electron chi connectivity index (χ2n) is 3.10. The predicted molar refractivity (Wildman–Crippen MR) is 45.6 cm³/mol. The molecule has 0 saturated carbocycles. The van der Waals surface area contributed by atoms with E-state index in [0.29, 0.717) is 13.1 Å². The van der Waals surface area contributed by atoms with Crippen molar-refractivity contribution in [2.75, 3.05) is 19.6 Å². The summed E-state index contributed by atoms with van der Waals surface area (Å²) >= 11 is 0. The molecule has 0 radical (unpaired) electrons. The SMILES string of the molecule is C#CCCCN1CC(C(=O)O)C1. The van der Waals surface area contributed by atoms with Crippen molar-refractivity contribution in [3.8, 4) is 12.3 Å². The normalized spacial score (nSPS) is 18.2. The smallest absolute Gasteiger partial charge is 0.309 e. The summed E-state index contributed by atoms with van der Waals surface area (Å²) < 4.78 is 0. The maximum atomic E-state index is 10.4. The number of unbranched alkanes of at least 4 members (excludes halogenated alkanes) is 1. The van der Waals surface area contributed by atoms with E-state index in [4.69, 9.17) is 11.5 Å². The number of terminal acetylenes is 1. The number of aliphatic carboxylic acids is 1. The summed E-state index contributed by atoms with van der Waals surface area (Å²) in [5.41, 5.74) is 0. The summed E-state index contributed by atoms with van der Waals surface area (Å²) in [4.78, 5) is 12.5. The standard InChI is InChI=1S/C9H13NO2/c1-2-3-4-5-10-6-8(7-10)9(11)12/h1,8H,3-7H2,(H,11,12). The van der Waals surface area contributed by atoms with E-state index in [2.05, 4.69) is 10.8 Å². The second kappa shape index (κ2) is 4.13. The number of carboxylic acids is 1. The summed E-state index contributed by atoms with van der Waals surface area (Å²) in [6.07, 6.45) is 6.85. The Labute approximate surface area is 72.4 Å². The summed E-state index contributed by atoms with van der Waals surface area (Å²) in [6.45, 7) is 2.33. The molecule has 0 aromatic carbocycles. The van der Waals surface area contributed by atoms with Crippen molar-refractivity contribution in [2.45, 2.75) is 12.8 Å².